The molecule has 0 unspecified atom stereocenters. The van der Waals surface area contributed by atoms with E-state index in [0.29, 0.717) is 0 Å². The molecule has 0 N–H and O–H groups in total. The van der Waals surface area contributed by atoms with E-state index >= 15 is 0 Å². The van der Waals surface area contributed by atoms with Crippen molar-refractivity contribution in [3.63, 3.8) is 0 Å². The van der Waals surface area contributed by atoms with Crippen molar-refractivity contribution in [2.24, 2.45) is 0 Å². The zero-order chi connectivity index (χ0) is 73.7. The SMILES string of the molecule is c1ccc(-c2c3ccccc3nc3c2ccc2ccc(-c4c5ccccc5c(-c5ccc6ccc(-c7ccccn7)nc6c5)c5ccccc45)nc23)cc1.c1ccc(-c2c3ccccc3nc3c2ccc2ccc(-c4ccc5c6ccc(-c7ccc8ccc(-c9ccccn9)nc8c7)cc6c6ccccc6c5c4)nc23)cc1. The van der Waals surface area contributed by atoms with Crippen LogP contribution in [0, 0.1) is 0 Å². The molecular formula is C104H62N8. The van der Waals surface area contributed by atoms with Crippen LogP contribution >= 0.6 is 0 Å². The van der Waals surface area contributed by atoms with Gasteiger partial charge >= 0.3 is 0 Å². The third-order valence-corrected chi connectivity index (χ3v) is 22.3. The van der Waals surface area contributed by atoms with Gasteiger partial charge in [-0.3, -0.25) is 9.97 Å². The van der Waals surface area contributed by atoms with Crippen molar-refractivity contribution in [3.05, 3.63) is 376 Å². The molecule has 518 valence electrons. The van der Waals surface area contributed by atoms with E-state index in [0.717, 1.165) is 160 Å². The summed E-state index contributed by atoms with van der Waals surface area (Å²) in [4.78, 5) is 40.6. The standard InChI is InChI=1S/C54H32N4.C50H30N4/c1-2-10-34(11-3-1)52-43-14-6-7-15-48(43)58-54-44(52)26-19-35-23-27-47(57-53(35)54)38-21-25-42-41-24-20-36(30-45(41)39-12-4-5-13-40(39)46(42)31-38)37-18-17-33-22-28-50(56-51(33)32-37)49-16-8-9-29-55-49;1-2-12-32(13-3-1)46-39-18-8-9-19-41(39)53-50-40(46)26-23-33-25-28-44(54-49(33)50)48-37-16-6-4-14-35(37)47(36-15-5-7-17-38(36)48)34-22-21-31-24-27-43(52-45(31)30-34)42-20-10-11-29-51-42/h1-32H;1-30H. The maximum Gasteiger partial charge on any atom is 0.0978 e. The van der Waals surface area contributed by atoms with Crippen LogP contribution in [0.5, 0.6) is 0 Å². The normalized spacial score (nSPS) is 11.8. The van der Waals surface area contributed by atoms with Crippen LogP contribution in [-0.4, -0.2) is 39.9 Å². The lowest BCUT2D eigenvalue weighted by Gasteiger charge is -2.18. The Hall–Kier alpha value is -15.1. The van der Waals surface area contributed by atoms with Crippen LogP contribution in [0.2, 0.25) is 0 Å². The molecule has 8 heterocycles. The Labute approximate surface area is 643 Å². The smallest absolute Gasteiger partial charge is 0.0978 e. The molecule has 8 nitrogen and oxygen atoms in total. The predicted molar refractivity (Wildman–Crippen MR) is 466 cm³/mol. The fourth-order valence-corrected chi connectivity index (χ4v) is 17.1. The van der Waals surface area contributed by atoms with Gasteiger partial charge in [0.1, 0.15) is 0 Å². The lowest BCUT2D eigenvalue weighted by Crippen LogP contribution is -1.95. The van der Waals surface area contributed by atoms with Crippen LogP contribution in [0.1, 0.15) is 0 Å². The zero-order valence-corrected chi connectivity index (χ0v) is 60.4. The van der Waals surface area contributed by atoms with Gasteiger partial charge in [-0.25, -0.2) is 29.9 Å². The third-order valence-electron chi connectivity index (χ3n) is 22.3. The number of fused-ring (bicyclic) bond motifs is 18. The molecule has 0 radical (unpaired) electrons. The van der Waals surface area contributed by atoms with E-state index in [1.165, 1.54) is 70.9 Å². The van der Waals surface area contributed by atoms with Crippen LogP contribution in [0.3, 0.4) is 0 Å². The Kier molecular flexibility index (Phi) is 15.1. The van der Waals surface area contributed by atoms with Gasteiger partial charge in [-0.05, 0) is 172 Å². The number of rotatable bonds is 8. The molecule has 112 heavy (non-hydrogen) atoms. The lowest BCUT2D eigenvalue weighted by atomic mass is 9.87. The second-order valence-corrected chi connectivity index (χ2v) is 28.7. The number of benzene rings is 15. The summed E-state index contributed by atoms with van der Waals surface area (Å²) >= 11 is 0. The molecule has 0 aliphatic rings. The van der Waals surface area contributed by atoms with Crippen LogP contribution in [0.4, 0.5) is 0 Å². The fraction of sp³-hybridized carbons (Fsp3) is 0. The minimum atomic E-state index is 0.860. The summed E-state index contributed by atoms with van der Waals surface area (Å²) in [6.45, 7) is 0. The molecule has 0 spiro atoms. The van der Waals surface area contributed by atoms with Crippen molar-refractivity contribution >= 4 is 141 Å². The molecule has 0 atom stereocenters. The number of aromatic nitrogens is 8. The van der Waals surface area contributed by atoms with Gasteiger partial charge in [-0.1, -0.05) is 279 Å². The number of hydrogen-bond donors (Lipinski definition) is 0. The average Bonchev–Trinajstić information content (AvgIpc) is 0.736. The summed E-state index contributed by atoms with van der Waals surface area (Å²) in [7, 11) is 0. The van der Waals surface area contributed by atoms with Gasteiger partial charge in [-0.2, -0.15) is 0 Å². The van der Waals surface area contributed by atoms with Gasteiger partial charge in [0.2, 0.25) is 0 Å². The molecule has 0 amide bonds. The first-order valence-electron chi connectivity index (χ1n) is 37.8. The molecule has 15 aromatic carbocycles. The average molecular weight is 1420 g/mol. The molecule has 8 aromatic heterocycles. The van der Waals surface area contributed by atoms with Gasteiger partial charge < -0.3 is 0 Å². The van der Waals surface area contributed by atoms with E-state index in [9.17, 15) is 0 Å². The van der Waals surface area contributed by atoms with Gasteiger partial charge in [-0.15, -0.1) is 0 Å². The van der Waals surface area contributed by atoms with Crippen molar-refractivity contribution in [2.75, 3.05) is 0 Å². The topological polar surface area (TPSA) is 103 Å². The van der Waals surface area contributed by atoms with E-state index < -0.39 is 0 Å². The van der Waals surface area contributed by atoms with E-state index in [1.54, 1.807) is 0 Å². The van der Waals surface area contributed by atoms with E-state index in [2.05, 4.69) is 325 Å². The van der Waals surface area contributed by atoms with Gasteiger partial charge in [0, 0.05) is 77.7 Å². The number of pyridine rings is 8. The van der Waals surface area contributed by atoms with Crippen molar-refractivity contribution in [1.82, 2.24) is 39.9 Å². The Bertz CT molecular complexity index is 7730. The fourth-order valence-electron chi connectivity index (χ4n) is 17.1. The molecular weight excluding hydrogens is 1360 g/mol. The van der Waals surface area contributed by atoms with E-state index in [-0.39, 0.29) is 0 Å². The maximum atomic E-state index is 5.52. The summed E-state index contributed by atoms with van der Waals surface area (Å²) in [5.74, 6) is 0. The van der Waals surface area contributed by atoms with Crippen LogP contribution in [-0.2, 0) is 0 Å². The minimum Gasteiger partial charge on any atom is -0.255 e. The molecule has 0 aliphatic carbocycles. The highest BCUT2D eigenvalue weighted by Gasteiger charge is 2.23. The molecule has 8 heteroatoms. The van der Waals surface area contributed by atoms with Gasteiger partial charge in [0.05, 0.1) is 78.3 Å². The predicted octanol–water partition coefficient (Wildman–Crippen LogP) is 26.9. The Morgan fingerprint density at radius 1 is 0.143 bits per heavy atom. The number of hydrogen-bond acceptors (Lipinski definition) is 8. The Morgan fingerprint density at radius 2 is 0.491 bits per heavy atom. The highest BCUT2D eigenvalue weighted by atomic mass is 14.8. The second-order valence-electron chi connectivity index (χ2n) is 28.7. The van der Waals surface area contributed by atoms with Gasteiger partial charge in [0.15, 0.2) is 0 Å². The molecule has 0 saturated heterocycles. The summed E-state index contributed by atoms with van der Waals surface area (Å²) in [5, 5.41) is 20.8. The van der Waals surface area contributed by atoms with Crippen molar-refractivity contribution in [1.29, 1.82) is 0 Å². The minimum absolute atomic E-state index is 0.860. The Morgan fingerprint density at radius 3 is 1.01 bits per heavy atom. The number of para-hydroxylation sites is 2. The second kappa shape index (κ2) is 26.4. The van der Waals surface area contributed by atoms with E-state index in [1.807, 2.05) is 60.9 Å². The van der Waals surface area contributed by atoms with Crippen LogP contribution < -0.4 is 0 Å². The largest absolute Gasteiger partial charge is 0.255 e. The Balaban J connectivity index is 0.000000138. The summed E-state index contributed by atoms with van der Waals surface area (Å²) in [6, 6.07) is 129. The van der Waals surface area contributed by atoms with Crippen molar-refractivity contribution < 1.29 is 0 Å². The lowest BCUT2D eigenvalue weighted by molar-refractivity contribution is 1.28. The first-order valence-corrected chi connectivity index (χ1v) is 37.8. The molecule has 0 saturated carbocycles. The molecule has 23 aromatic rings. The summed E-state index contributed by atoms with van der Waals surface area (Å²) in [5.41, 5.74) is 24.2. The van der Waals surface area contributed by atoms with Crippen LogP contribution in [0.25, 0.3) is 231 Å². The third kappa shape index (κ3) is 10.8. The highest BCUT2D eigenvalue weighted by molar-refractivity contribution is 6.27. The molecule has 0 fully saturated rings. The first kappa shape index (κ1) is 64.1. The monoisotopic (exact) mass is 1420 g/mol. The molecule has 0 aliphatic heterocycles. The van der Waals surface area contributed by atoms with Crippen molar-refractivity contribution in [3.8, 4) is 89.8 Å². The summed E-state index contributed by atoms with van der Waals surface area (Å²) in [6.07, 6.45) is 3.62. The maximum absolute atomic E-state index is 5.52. The molecule has 23 rings (SSSR count). The van der Waals surface area contributed by atoms with Gasteiger partial charge in [0.25, 0.3) is 0 Å². The van der Waals surface area contributed by atoms with Crippen molar-refractivity contribution in [2.45, 2.75) is 0 Å². The van der Waals surface area contributed by atoms with Crippen LogP contribution in [0.15, 0.2) is 376 Å². The van der Waals surface area contributed by atoms with E-state index in [4.69, 9.17) is 29.9 Å². The molecule has 0 bridgehead atoms. The zero-order valence-electron chi connectivity index (χ0n) is 60.4. The first-order chi connectivity index (χ1) is 55.5. The number of nitrogens with zero attached hydrogens (tertiary/aromatic N) is 8. The highest BCUT2D eigenvalue weighted by Crippen LogP contribution is 2.47. The summed E-state index contributed by atoms with van der Waals surface area (Å²) < 4.78 is 0. The quantitative estimate of drug-likeness (QED) is 0.109.